The van der Waals surface area contributed by atoms with Crippen molar-refractivity contribution in [1.82, 2.24) is 5.32 Å². The summed E-state index contributed by atoms with van der Waals surface area (Å²) in [5.41, 5.74) is 3.06. The highest BCUT2D eigenvalue weighted by molar-refractivity contribution is 7.80. The largest absolute Gasteiger partial charge is 0.440 e. The fourth-order valence-electron chi connectivity index (χ4n) is 3.74. The van der Waals surface area contributed by atoms with Crippen molar-refractivity contribution in [3.63, 3.8) is 0 Å². The van der Waals surface area contributed by atoms with Gasteiger partial charge in [0.2, 0.25) is 5.88 Å². The number of rotatable bonds is 2. The fourth-order valence-corrected chi connectivity index (χ4v) is 4.01. The van der Waals surface area contributed by atoms with E-state index in [1.165, 1.54) is 24.3 Å². The average Bonchev–Trinajstić information content (AvgIpc) is 2.73. The summed E-state index contributed by atoms with van der Waals surface area (Å²) in [4.78, 5) is 2.44. The predicted octanol–water partition coefficient (Wildman–Crippen LogP) is 5.25. The number of anilines is 1. The van der Waals surface area contributed by atoms with Crippen molar-refractivity contribution in [2.75, 3.05) is 4.90 Å². The number of hydrogen-bond acceptors (Lipinski definition) is 3. The zero-order valence-electron chi connectivity index (χ0n) is 15.2. The van der Waals surface area contributed by atoms with Gasteiger partial charge < -0.3 is 10.1 Å². The van der Waals surface area contributed by atoms with E-state index in [1.54, 1.807) is 12.1 Å². The van der Waals surface area contributed by atoms with Gasteiger partial charge in [-0.2, -0.15) is 0 Å². The van der Waals surface area contributed by atoms with Gasteiger partial charge in [-0.3, -0.25) is 4.90 Å². The van der Waals surface area contributed by atoms with Crippen LogP contribution in [0.5, 0.6) is 5.75 Å². The van der Waals surface area contributed by atoms with Crippen molar-refractivity contribution in [2.45, 2.75) is 12.6 Å². The molecule has 0 saturated carbocycles. The molecule has 1 atom stereocenters. The van der Waals surface area contributed by atoms with E-state index in [9.17, 15) is 8.78 Å². The third-order valence-corrected chi connectivity index (χ3v) is 5.44. The zero-order chi connectivity index (χ0) is 20.0. The van der Waals surface area contributed by atoms with Crippen LogP contribution in [0.15, 0.2) is 84.3 Å². The SMILES string of the molecule is Fc1cccc(N2C3=C(Cc4cc(F)ccc4O3)C(=S)NC2c2ccccc2)c1. The summed E-state index contributed by atoms with van der Waals surface area (Å²) in [5, 5.41) is 3.35. The molecule has 0 bridgehead atoms. The standard InChI is InChI=1S/C23H16F2N2OS/c24-16-7-4-8-18(13-16)27-21(14-5-2-1-3-6-14)26-22(29)19-12-15-11-17(25)9-10-20(15)28-23(19)27/h1-11,13,21H,12H2,(H,26,29). The van der Waals surface area contributed by atoms with E-state index in [2.05, 4.69) is 5.32 Å². The molecular formula is C23H16F2N2OS. The normalized spacial score (nSPS) is 17.9. The van der Waals surface area contributed by atoms with Crippen molar-refractivity contribution in [3.05, 3.63) is 107 Å². The molecule has 0 aliphatic carbocycles. The molecule has 29 heavy (non-hydrogen) atoms. The Kier molecular flexibility index (Phi) is 4.28. The molecule has 3 aromatic rings. The number of halogens is 2. The molecule has 1 N–H and O–H groups in total. The molecule has 0 aromatic heterocycles. The molecule has 2 aliphatic heterocycles. The van der Waals surface area contributed by atoms with Crippen LogP contribution in [0.3, 0.4) is 0 Å². The Labute approximate surface area is 172 Å². The molecule has 3 aromatic carbocycles. The van der Waals surface area contributed by atoms with Gasteiger partial charge in [-0.25, -0.2) is 8.78 Å². The van der Waals surface area contributed by atoms with Gasteiger partial charge in [-0.1, -0.05) is 48.6 Å². The van der Waals surface area contributed by atoms with E-state index in [1.807, 2.05) is 41.3 Å². The second-order valence-corrected chi connectivity index (χ2v) is 7.36. The maximum atomic E-state index is 14.1. The highest BCUT2D eigenvalue weighted by atomic mass is 32.1. The van der Waals surface area contributed by atoms with Crippen molar-refractivity contribution in [2.24, 2.45) is 0 Å². The summed E-state index contributed by atoms with van der Waals surface area (Å²) in [6.45, 7) is 0. The van der Waals surface area contributed by atoms with Gasteiger partial charge in [-0.05, 0) is 42.0 Å². The Bertz CT molecular complexity index is 1150. The monoisotopic (exact) mass is 406 g/mol. The number of nitrogens with zero attached hydrogens (tertiary/aromatic N) is 1. The molecule has 6 heteroatoms. The summed E-state index contributed by atoms with van der Waals surface area (Å²) < 4.78 is 34.0. The van der Waals surface area contributed by atoms with Crippen LogP contribution < -0.4 is 15.0 Å². The Morgan fingerprint density at radius 2 is 1.72 bits per heavy atom. The van der Waals surface area contributed by atoms with Crippen LogP contribution in [0.4, 0.5) is 14.5 Å². The highest BCUT2D eigenvalue weighted by Gasteiger charge is 2.37. The van der Waals surface area contributed by atoms with E-state index in [0.29, 0.717) is 28.7 Å². The molecule has 2 heterocycles. The number of nitrogens with one attached hydrogen (secondary N) is 1. The second-order valence-electron chi connectivity index (χ2n) is 6.95. The fraction of sp³-hybridized carbons (Fsp3) is 0.0870. The lowest BCUT2D eigenvalue weighted by atomic mass is 9.98. The van der Waals surface area contributed by atoms with Crippen molar-refractivity contribution in [3.8, 4) is 5.75 Å². The van der Waals surface area contributed by atoms with Gasteiger partial charge in [0.1, 0.15) is 28.5 Å². The number of hydrogen-bond donors (Lipinski definition) is 1. The number of thiocarbonyl (C=S) groups is 1. The first kappa shape index (κ1) is 17.8. The first-order valence-corrected chi connectivity index (χ1v) is 9.61. The third kappa shape index (κ3) is 3.15. The summed E-state index contributed by atoms with van der Waals surface area (Å²) >= 11 is 5.63. The van der Waals surface area contributed by atoms with Crippen molar-refractivity contribution < 1.29 is 13.5 Å². The smallest absolute Gasteiger partial charge is 0.208 e. The molecule has 0 saturated heterocycles. The summed E-state index contributed by atoms with van der Waals surface area (Å²) in [7, 11) is 0. The van der Waals surface area contributed by atoms with Crippen LogP contribution in [0.2, 0.25) is 0 Å². The highest BCUT2D eigenvalue weighted by Crippen LogP contribution is 2.40. The quantitative estimate of drug-likeness (QED) is 0.588. The Balaban J connectivity index is 1.67. The average molecular weight is 406 g/mol. The van der Waals surface area contributed by atoms with Gasteiger partial charge in [0.05, 0.1) is 5.57 Å². The molecular weight excluding hydrogens is 390 g/mol. The molecule has 0 radical (unpaired) electrons. The van der Waals surface area contributed by atoms with E-state index < -0.39 is 0 Å². The number of ether oxygens (including phenoxy) is 1. The first-order chi connectivity index (χ1) is 14.1. The number of benzene rings is 3. The van der Waals surface area contributed by atoms with E-state index in [-0.39, 0.29) is 17.8 Å². The zero-order valence-corrected chi connectivity index (χ0v) is 16.0. The molecule has 3 nitrogen and oxygen atoms in total. The molecule has 2 aliphatic rings. The van der Waals surface area contributed by atoms with Crippen molar-refractivity contribution in [1.29, 1.82) is 0 Å². The van der Waals surface area contributed by atoms with Gasteiger partial charge in [0.25, 0.3) is 0 Å². The Hall–Kier alpha value is -3.25. The molecule has 0 fully saturated rings. The molecule has 0 spiro atoms. The topological polar surface area (TPSA) is 24.5 Å². The van der Waals surface area contributed by atoms with Crippen LogP contribution in [0.25, 0.3) is 0 Å². The Morgan fingerprint density at radius 3 is 2.52 bits per heavy atom. The van der Waals surface area contributed by atoms with E-state index >= 15 is 0 Å². The van der Waals surface area contributed by atoms with Gasteiger partial charge in [0.15, 0.2) is 0 Å². The maximum Gasteiger partial charge on any atom is 0.208 e. The lowest BCUT2D eigenvalue weighted by Gasteiger charge is -2.42. The number of fused-ring (bicyclic) bond motifs is 1. The molecule has 5 rings (SSSR count). The van der Waals surface area contributed by atoms with Gasteiger partial charge in [0, 0.05) is 17.7 Å². The summed E-state index contributed by atoms with van der Waals surface area (Å²) in [6.07, 6.45) is 0.0629. The Morgan fingerprint density at radius 1 is 0.931 bits per heavy atom. The van der Waals surface area contributed by atoms with Crippen molar-refractivity contribution >= 4 is 22.9 Å². The van der Waals surface area contributed by atoms with Gasteiger partial charge >= 0.3 is 0 Å². The second kappa shape index (κ2) is 6.97. The maximum absolute atomic E-state index is 14.1. The first-order valence-electron chi connectivity index (χ1n) is 9.20. The predicted molar refractivity (Wildman–Crippen MR) is 112 cm³/mol. The lowest BCUT2D eigenvalue weighted by molar-refractivity contribution is 0.358. The lowest BCUT2D eigenvalue weighted by Crippen LogP contribution is -2.49. The van der Waals surface area contributed by atoms with E-state index in [0.717, 1.165) is 16.7 Å². The van der Waals surface area contributed by atoms with Crippen LogP contribution in [0.1, 0.15) is 17.3 Å². The summed E-state index contributed by atoms with van der Waals surface area (Å²) in [5.74, 6) is 0.438. The van der Waals surface area contributed by atoms with Crippen LogP contribution >= 0.6 is 12.2 Å². The third-order valence-electron chi connectivity index (χ3n) is 5.08. The van der Waals surface area contributed by atoms with Crippen LogP contribution in [-0.4, -0.2) is 4.99 Å². The minimum absolute atomic E-state index is 0.324. The van der Waals surface area contributed by atoms with Crippen LogP contribution in [0, 0.1) is 11.6 Å². The minimum atomic E-state index is -0.369. The van der Waals surface area contributed by atoms with Gasteiger partial charge in [-0.15, -0.1) is 0 Å². The molecule has 0 amide bonds. The van der Waals surface area contributed by atoms with Crippen LogP contribution in [-0.2, 0) is 6.42 Å². The summed E-state index contributed by atoms with van der Waals surface area (Å²) in [6, 6.07) is 20.5. The molecule has 144 valence electrons. The molecule has 1 unspecified atom stereocenters. The van der Waals surface area contributed by atoms with E-state index in [4.69, 9.17) is 17.0 Å². The minimum Gasteiger partial charge on any atom is -0.440 e.